The van der Waals surface area contributed by atoms with Crippen LogP contribution in [0.1, 0.15) is 48.0 Å². The summed E-state index contributed by atoms with van der Waals surface area (Å²) in [5.41, 5.74) is -1.49. The average Bonchev–Trinajstić information content (AvgIpc) is 2.26. The Kier molecular flexibility index (Phi) is 5.82. The van der Waals surface area contributed by atoms with Gasteiger partial charge in [-0.05, 0) is 41.0 Å². The molecule has 0 aromatic heterocycles. The fourth-order valence-corrected chi connectivity index (χ4v) is 0.969. The molecule has 0 amide bonds. The average molecular weight is 244 g/mol. The van der Waals surface area contributed by atoms with Crippen molar-refractivity contribution in [1.82, 2.24) is 0 Å². The Hall–Kier alpha value is -0.900. The van der Waals surface area contributed by atoms with E-state index in [9.17, 15) is 9.59 Å². The molecule has 0 aromatic carbocycles. The summed E-state index contributed by atoms with van der Waals surface area (Å²) in [6.07, 6.45) is 0.806. The van der Waals surface area contributed by atoms with Crippen LogP contribution in [-0.4, -0.2) is 30.6 Å². The quantitative estimate of drug-likeness (QED) is 0.509. The first kappa shape index (κ1) is 16.1. The maximum atomic E-state index is 11.9. The summed E-state index contributed by atoms with van der Waals surface area (Å²) in [7, 11) is 0. The van der Waals surface area contributed by atoms with E-state index in [0.29, 0.717) is 0 Å². The Bertz CT molecular complexity index is 279. The van der Waals surface area contributed by atoms with Crippen molar-refractivity contribution in [3.05, 3.63) is 0 Å². The van der Waals surface area contributed by atoms with E-state index < -0.39 is 11.4 Å². The van der Waals surface area contributed by atoms with Crippen molar-refractivity contribution >= 4 is 11.8 Å². The van der Waals surface area contributed by atoms with Crippen LogP contribution < -0.4 is 0 Å². The molecule has 0 aliphatic heterocycles. The van der Waals surface area contributed by atoms with Crippen LogP contribution >= 0.6 is 0 Å². The van der Waals surface area contributed by atoms with Crippen LogP contribution in [0.3, 0.4) is 0 Å². The third-order valence-electron chi connectivity index (χ3n) is 2.93. The second kappa shape index (κ2) is 6.15. The summed E-state index contributed by atoms with van der Waals surface area (Å²) in [5.74, 6) is -0.750. The van der Waals surface area contributed by atoms with Gasteiger partial charge in [-0.2, -0.15) is 0 Å². The highest BCUT2D eigenvalue weighted by Gasteiger charge is 2.37. The topological polar surface area (TPSA) is 52.6 Å². The Morgan fingerprint density at radius 3 is 2.00 bits per heavy atom. The van der Waals surface area contributed by atoms with Gasteiger partial charge in [0.2, 0.25) is 0 Å². The fraction of sp³-hybridized carbons (Fsp3) is 0.846. The van der Waals surface area contributed by atoms with Crippen LogP contribution in [0.4, 0.5) is 0 Å². The molecule has 0 aromatic rings. The van der Waals surface area contributed by atoms with Gasteiger partial charge < -0.3 is 9.47 Å². The van der Waals surface area contributed by atoms with Crippen LogP contribution in [0.25, 0.3) is 0 Å². The molecule has 0 N–H and O–H groups in total. The largest absolute Gasteiger partial charge is 0.465 e. The van der Waals surface area contributed by atoms with Crippen molar-refractivity contribution in [3.8, 4) is 0 Å². The smallest absolute Gasteiger partial charge is 0.319 e. The molecule has 0 heterocycles. The van der Waals surface area contributed by atoms with Crippen LogP contribution in [0.15, 0.2) is 0 Å². The molecule has 100 valence electrons. The van der Waals surface area contributed by atoms with E-state index in [1.54, 1.807) is 20.8 Å². The molecule has 0 rings (SSSR count). The van der Waals surface area contributed by atoms with E-state index in [2.05, 4.69) is 0 Å². The lowest BCUT2D eigenvalue weighted by atomic mass is 9.88. The second-order valence-corrected chi connectivity index (χ2v) is 5.17. The molecular weight excluding hydrogens is 220 g/mol. The molecule has 0 radical (unpaired) electrons. The van der Waals surface area contributed by atoms with Gasteiger partial charge in [-0.15, -0.1) is 0 Å². The third kappa shape index (κ3) is 4.86. The number of hydrogen-bond acceptors (Lipinski definition) is 4. The van der Waals surface area contributed by atoms with Crippen molar-refractivity contribution in [1.29, 1.82) is 0 Å². The minimum Gasteiger partial charge on any atom is -0.465 e. The maximum absolute atomic E-state index is 11.9. The SMILES string of the molecule is CCOC(=O)C(C)(C)C(=O)COC(C)(C)CC. The number of ketones is 1. The highest BCUT2D eigenvalue weighted by Crippen LogP contribution is 2.21. The van der Waals surface area contributed by atoms with Crippen molar-refractivity contribution in [3.63, 3.8) is 0 Å². The summed E-state index contributed by atoms with van der Waals surface area (Å²) >= 11 is 0. The summed E-state index contributed by atoms with van der Waals surface area (Å²) in [4.78, 5) is 23.5. The first-order chi connectivity index (χ1) is 7.67. The van der Waals surface area contributed by atoms with Crippen LogP contribution in [0.2, 0.25) is 0 Å². The summed E-state index contributed by atoms with van der Waals surface area (Å²) in [6.45, 7) is 10.9. The maximum Gasteiger partial charge on any atom is 0.319 e. The normalized spacial score (nSPS) is 12.4. The second-order valence-electron chi connectivity index (χ2n) is 5.17. The standard InChI is InChI=1S/C13H24O4/c1-7-12(3,4)17-9-10(14)13(5,6)11(15)16-8-2/h7-9H2,1-6H3. The lowest BCUT2D eigenvalue weighted by Crippen LogP contribution is -2.39. The van der Waals surface area contributed by atoms with Crippen molar-refractivity contribution in [2.75, 3.05) is 13.2 Å². The minimum atomic E-state index is -1.14. The third-order valence-corrected chi connectivity index (χ3v) is 2.93. The molecule has 0 saturated carbocycles. The number of carbonyl (C=O) groups excluding carboxylic acids is 2. The molecule has 0 saturated heterocycles. The van der Waals surface area contributed by atoms with Crippen LogP contribution in [-0.2, 0) is 19.1 Å². The summed E-state index contributed by atoms with van der Waals surface area (Å²) in [6, 6.07) is 0. The Morgan fingerprint density at radius 1 is 1.06 bits per heavy atom. The van der Waals surface area contributed by atoms with Gasteiger partial charge in [0.1, 0.15) is 12.0 Å². The van der Waals surface area contributed by atoms with Gasteiger partial charge in [-0.25, -0.2) is 0 Å². The fourth-order valence-electron chi connectivity index (χ4n) is 0.969. The van der Waals surface area contributed by atoms with Crippen molar-refractivity contribution in [2.45, 2.75) is 53.6 Å². The number of rotatable bonds is 7. The zero-order valence-electron chi connectivity index (χ0n) is 11.8. The number of ether oxygens (including phenoxy) is 2. The number of hydrogen-bond donors (Lipinski definition) is 0. The molecule has 0 unspecified atom stereocenters. The highest BCUT2D eigenvalue weighted by atomic mass is 16.5. The zero-order valence-corrected chi connectivity index (χ0v) is 11.8. The summed E-state index contributed by atoms with van der Waals surface area (Å²) in [5, 5.41) is 0. The first-order valence-corrected chi connectivity index (χ1v) is 6.02. The number of Topliss-reactive ketones (excluding diaryl/α,β-unsaturated/α-hetero) is 1. The van der Waals surface area contributed by atoms with Gasteiger partial charge in [0.25, 0.3) is 0 Å². The Morgan fingerprint density at radius 2 is 1.59 bits per heavy atom. The molecular formula is C13H24O4. The van der Waals surface area contributed by atoms with Crippen LogP contribution in [0.5, 0.6) is 0 Å². The molecule has 0 fully saturated rings. The minimum absolute atomic E-state index is 0.0628. The Balaban J connectivity index is 4.45. The van der Waals surface area contributed by atoms with E-state index in [4.69, 9.17) is 9.47 Å². The molecule has 4 nitrogen and oxygen atoms in total. The van der Waals surface area contributed by atoms with Crippen LogP contribution in [0, 0.1) is 5.41 Å². The van der Waals surface area contributed by atoms with Gasteiger partial charge in [0, 0.05) is 0 Å². The van der Waals surface area contributed by atoms with Crippen molar-refractivity contribution < 1.29 is 19.1 Å². The van der Waals surface area contributed by atoms with Gasteiger partial charge in [0.05, 0.1) is 12.2 Å². The van der Waals surface area contributed by atoms with E-state index in [1.165, 1.54) is 0 Å². The Labute approximate surface area is 104 Å². The lowest BCUT2D eigenvalue weighted by molar-refractivity contribution is -0.161. The van der Waals surface area contributed by atoms with E-state index in [-0.39, 0.29) is 24.6 Å². The molecule has 0 bridgehead atoms. The van der Waals surface area contributed by atoms with Gasteiger partial charge in [-0.1, -0.05) is 6.92 Å². The van der Waals surface area contributed by atoms with Gasteiger partial charge >= 0.3 is 5.97 Å². The predicted molar refractivity (Wildman–Crippen MR) is 65.7 cm³/mol. The zero-order chi connectivity index (χ0) is 13.7. The molecule has 17 heavy (non-hydrogen) atoms. The monoisotopic (exact) mass is 244 g/mol. The number of esters is 1. The predicted octanol–water partition coefficient (Wildman–Crippen LogP) is 2.35. The first-order valence-electron chi connectivity index (χ1n) is 6.02. The van der Waals surface area contributed by atoms with Crippen molar-refractivity contribution in [2.24, 2.45) is 5.41 Å². The molecule has 0 aliphatic carbocycles. The molecule has 4 heteroatoms. The molecule has 0 spiro atoms. The lowest BCUT2D eigenvalue weighted by Gasteiger charge is -2.26. The number of carbonyl (C=O) groups is 2. The van der Waals surface area contributed by atoms with E-state index >= 15 is 0 Å². The van der Waals surface area contributed by atoms with Gasteiger partial charge in [0.15, 0.2) is 5.78 Å². The van der Waals surface area contributed by atoms with E-state index in [0.717, 1.165) is 6.42 Å². The highest BCUT2D eigenvalue weighted by molar-refractivity contribution is 6.03. The summed E-state index contributed by atoms with van der Waals surface area (Å²) < 4.78 is 10.4. The van der Waals surface area contributed by atoms with Gasteiger partial charge in [-0.3, -0.25) is 9.59 Å². The van der Waals surface area contributed by atoms with E-state index in [1.807, 2.05) is 20.8 Å². The molecule has 0 atom stereocenters. The molecule has 0 aliphatic rings.